The van der Waals surface area contributed by atoms with E-state index >= 15 is 0 Å². The standard InChI is InChI=1S/C21H37NO4/c1-4-20(23)17-11-13-22(14-12-17)21(24)6-5-15-25-18-7-9-19(10-8-18)26-16(2)3/h16-19H,4-15H2,1-3H3/t18-,19-. The highest BCUT2D eigenvalue weighted by molar-refractivity contribution is 5.81. The lowest BCUT2D eigenvalue weighted by atomic mass is 9.91. The van der Waals surface area contributed by atoms with E-state index < -0.39 is 0 Å². The number of hydrogen-bond acceptors (Lipinski definition) is 4. The van der Waals surface area contributed by atoms with Crippen LogP contribution in [0, 0.1) is 5.92 Å². The van der Waals surface area contributed by atoms with E-state index in [-0.39, 0.29) is 11.8 Å². The van der Waals surface area contributed by atoms with Gasteiger partial charge >= 0.3 is 0 Å². The first kappa shape index (κ1) is 21.4. The molecule has 1 saturated carbocycles. The molecule has 1 aliphatic carbocycles. The van der Waals surface area contributed by atoms with Crippen LogP contribution >= 0.6 is 0 Å². The summed E-state index contributed by atoms with van der Waals surface area (Å²) >= 11 is 0. The summed E-state index contributed by atoms with van der Waals surface area (Å²) in [5.74, 6) is 0.728. The average Bonchev–Trinajstić information content (AvgIpc) is 2.65. The number of carbonyl (C=O) groups is 2. The Morgan fingerprint density at radius 1 is 1.00 bits per heavy atom. The SMILES string of the molecule is CCC(=O)C1CCN(C(=O)CCCO[C@H]2CC[C@H](OC(C)C)CC2)CC1. The molecule has 5 heteroatoms. The molecule has 0 radical (unpaired) electrons. The highest BCUT2D eigenvalue weighted by atomic mass is 16.5. The van der Waals surface area contributed by atoms with Gasteiger partial charge in [0, 0.05) is 38.5 Å². The molecule has 0 aromatic carbocycles. The molecular formula is C21H37NO4. The summed E-state index contributed by atoms with van der Waals surface area (Å²) in [6, 6.07) is 0. The quantitative estimate of drug-likeness (QED) is 0.583. The Balaban J connectivity index is 1.54. The van der Waals surface area contributed by atoms with E-state index in [1.165, 1.54) is 0 Å². The van der Waals surface area contributed by atoms with Crippen LogP contribution in [0.5, 0.6) is 0 Å². The Kier molecular flexibility index (Phi) is 9.06. The fourth-order valence-electron chi connectivity index (χ4n) is 4.09. The number of rotatable bonds is 9. The third-order valence-corrected chi connectivity index (χ3v) is 5.63. The van der Waals surface area contributed by atoms with Crippen molar-refractivity contribution in [3.63, 3.8) is 0 Å². The van der Waals surface area contributed by atoms with Gasteiger partial charge in [-0.15, -0.1) is 0 Å². The van der Waals surface area contributed by atoms with E-state index in [0.29, 0.717) is 43.5 Å². The zero-order valence-corrected chi connectivity index (χ0v) is 16.9. The van der Waals surface area contributed by atoms with E-state index in [1.54, 1.807) is 0 Å². The molecule has 0 bridgehead atoms. The zero-order chi connectivity index (χ0) is 18.9. The van der Waals surface area contributed by atoms with Crippen LogP contribution in [0.25, 0.3) is 0 Å². The van der Waals surface area contributed by atoms with Crippen LogP contribution < -0.4 is 0 Å². The predicted octanol–water partition coefficient (Wildman–Crippen LogP) is 3.74. The van der Waals surface area contributed by atoms with Gasteiger partial charge < -0.3 is 14.4 Å². The van der Waals surface area contributed by atoms with E-state index in [9.17, 15) is 9.59 Å². The number of ether oxygens (including phenoxy) is 2. The minimum Gasteiger partial charge on any atom is -0.378 e. The average molecular weight is 368 g/mol. The van der Waals surface area contributed by atoms with Crippen molar-refractivity contribution in [2.75, 3.05) is 19.7 Å². The van der Waals surface area contributed by atoms with Crippen LogP contribution in [0.15, 0.2) is 0 Å². The number of Topliss-reactive ketones (excluding diaryl/α,β-unsaturated/α-hetero) is 1. The first-order chi connectivity index (χ1) is 12.5. The number of carbonyl (C=O) groups excluding carboxylic acids is 2. The van der Waals surface area contributed by atoms with Crippen molar-refractivity contribution >= 4 is 11.7 Å². The van der Waals surface area contributed by atoms with Gasteiger partial charge in [-0.2, -0.15) is 0 Å². The molecule has 0 aromatic rings. The lowest BCUT2D eigenvalue weighted by molar-refractivity contribution is -0.135. The topological polar surface area (TPSA) is 55.8 Å². The van der Waals surface area contributed by atoms with Crippen molar-refractivity contribution in [1.82, 2.24) is 4.90 Å². The van der Waals surface area contributed by atoms with Gasteiger partial charge in [-0.25, -0.2) is 0 Å². The summed E-state index contributed by atoms with van der Waals surface area (Å²) in [5.41, 5.74) is 0. The maximum Gasteiger partial charge on any atom is 0.222 e. The van der Waals surface area contributed by atoms with Gasteiger partial charge in [-0.3, -0.25) is 9.59 Å². The molecule has 0 spiro atoms. The molecule has 0 unspecified atom stereocenters. The number of amides is 1. The van der Waals surface area contributed by atoms with Gasteiger partial charge in [0.2, 0.25) is 5.91 Å². The summed E-state index contributed by atoms with van der Waals surface area (Å²) in [6.45, 7) is 8.22. The molecule has 0 atom stereocenters. The molecule has 1 saturated heterocycles. The molecule has 26 heavy (non-hydrogen) atoms. The van der Waals surface area contributed by atoms with E-state index in [4.69, 9.17) is 9.47 Å². The molecule has 2 fully saturated rings. The van der Waals surface area contributed by atoms with Crippen LogP contribution in [0.4, 0.5) is 0 Å². The van der Waals surface area contributed by atoms with E-state index in [0.717, 1.165) is 58.0 Å². The monoisotopic (exact) mass is 367 g/mol. The molecule has 2 aliphatic rings. The first-order valence-electron chi connectivity index (χ1n) is 10.6. The molecule has 0 aromatic heterocycles. The summed E-state index contributed by atoms with van der Waals surface area (Å²) < 4.78 is 11.8. The van der Waals surface area contributed by atoms with Gasteiger partial charge in [0.15, 0.2) is 0 Å². The number of nitrogens with zero attached hydrogens (tertiary/aromatic N) is 1. The van der Waals surface area contributed by atoms with Gasteiger partial charge in [-0.05, 0) is 58.8 Å². The number of likely N-dealkylation sites (tertiary alicyclic amines) is 1. The largest absolute Gasteiger partial charge is 0.378 e. The number of hydrogen-bond donors (Lipinski definition) is 0. The first-order valence-corrected chi connectivity index (χ1v) is 10.6. The fourth-order valence-corrected chi connectivity index (χ4v) is 4.09. The summed E-state index contributed by atoms with van der Waals surface area (Å²) in [5, 5.41) is 0. The second-order valence-corrected chi connectivity index (χ2v) is 8.03. The minimum atomic E-state index is 0.169. The Hall–Kier alpha value is -0.940. The molecule has 1 heterocycles. The van der Waals surface area contributed by atoms with Gasteiger partial charge in [0.25, 0.3) is 0 Å². The van der Waals surface area contributed by atoms with E-state index in [2.05, 4.69) is 13.8 Å². The van der Waals surface area contributed by atoms with Crippen LogP contribution in [0.3, 0.4) is 0 Å². The van der Waals surface area contributed by atoms with Crippen molar-refractivity contribution < 1.29 is 19.1 Å². The Labute approximate surface area is 158 Å². The van der Waals surface area contributed by atoms with Gasteiger partial charge in [0.05, 0.1) is 18.3 Å². The minimum absolute atomic E-state index is 0.169. The summed E-state index contributed by atoms with van der Waals surface area (Å²) in [7, 11) is 0. The van der Waals surface area contributed by atoms with Gasteiger partial charge in [0.1, 0.15) is 5.78 Å². The molecule has 5 nitrogen and oxygen atoms in total. The lowest BCUT2D eigenvalue weighted by Gasteiger charge is -2.31. The normalized spacial score (nSPS) is 24.8. The van der Waals surface area contributed by atoms with Crippen LogP contribution in [0.2, 0.25) is 0 Å². The van der Waals surface area contributed by atoms with Crippen molar-refractivity contribution in [3.05, 3.63) is 0 Å². The Morgan fingerprint density at radius 3 is 2.19 bits per heavy atom. The molecule has 150 valence electrons. The van der Waals surface area contributed by atoms with Crippen molar-refractivity contribution in [1.29, 1.82) is 0 Å². The zero-order valence-electron chi connectivity index (χ0n) is 16.9. The Morgan fingerprint density at radius 2 is 1.62 bits per heavy atom. The second kappa shape index (κ2) is 11.0. The van der Waals surface area contributed by atoms with Crippen LogP contribution in [-0.4, -0.2) is 54.6 Å². The molecular weight excluding hydrogens is 330 g/mol. The Bertz CT molecular complexity index is 435. The van der Waals surface area contributed by atoms with Crippen LogP contribution in [0.1, 0.15) is 78.6 Å². The third kappa shape index (κ3) is 6.99. The molecule has 0 N–H and O–H groups in total. The fraction of sp³-hybridized carbons (Fsp3) is 0.905. The smallest absolute Gasteiger partial charge is 0.222 e. The molecule has 1 aliphatic heterocycles. The highest BCUT2D eigenvalue weighted by Gasteiger charge is 2.26. The second-order valence-electron chi connectivity index (χ2n) is 8.03. The summed E-state index contributed by atoms with van der Waals surface area (Å²) in [6.07, 6.45) is 8.90. The summed E-state index contributed by atoms with van der Waals surface area (Å²) in [4.78, 5) is 26.0. The predicted molar refractivity (Wildman–Crippen MR) is 102 cm³/mol. The number of ketones is 1. The van der Waals surface area contributed by atoms with Crippen molar-refractivity contribution in [3.8, 4) is 0 Å². The molecule has 1 amide bonds. The van der Waals surface area contributed by atoms with Crippen molar-refractivity contribution in [2.24, 2.45) is 5.92 Å². The molecule has 2 rings (SSSR count). The lowest BCUT2D eigenvalue weighted by Crippen LogP contribution is -2.40. The van der Waals surface area contributed by atoms with E-state index in [1.807, 2.05) is 11.8 Å². The number of piperidine rings is 1. The van der Waals surface area contributed by atoms with Crippen LogP contribution in [-0.2, 0) is 19.1 Å². The van der Waals surface area contributed by atoms with Crippen molar-refractivity contribution in [2.45, 2.75) is 96.9 Å². The third-order valence-electron chi connectivity index (χ3n) is 5.63. The van der Waals surface area contributed by atoms with Gasteiger partial charge in [-0.1, -0.05) is 6.92 Å². The maximum absolute atomic E-state index is 12.3. The highest BCUT2D eigenvalue weighted by Crippen LogP contribution is 2.25. The maximum atomic E-state index is 12.3.